The second kappa shape index (κ2) is 2.87. The molecule has 76 valence electrons. The Morgan fingerprint density at radius 3 is 2.86 bits per heavy atom. The van der Waals surface area contributed by atoms with Crippen molar-refractivity contribution in [3.8, 4) is 0 Å². The average molecular weight is 202 g/mol. The molecule has 14 heavy (non-hydrogen) atoms. The maximum absolute atomic E-state index is 12.4. The molecule has 1 aromatic rings. The minimum absolute atomic E-state index is 0.212. The molecule has 0 bridgehead atoms. The van der Waals surface area contributed by atoms with E-state index in [0.717, 1.165) is 5.56 Å². The van der Waals surface area contributed by atoms with Gasteiger partial charge < -0.3 is 4.98 Å². The molecule has 2 rings (SSSR count). The van der Waals surface area contributed by atoms with Gasteiger partial charge in [0.2, 0.25) is 0 Å². The van der Waals surface area contributed by atoms with Crippen LogP contribution in [-0.4, -0.2) is 17.7 Å². The SMILES string of the molecule is Cc1c[nH]c2c1=CC(C(F)(F)F)CN=2. The summed E-state index contributed by atoms with van der Waals surface area (Å²) in [7, 11) is 0. The maximum atomic E-state index is 12.4. The fourth-order valence-electron chi connectivity index (χ4n) is 1.50. The first-order valence-electron chi connectivity index (χ1n) is 4.25. The Labute approximate surface area is 78.2 Å². The molecule has 0 spiro atoms. The summed E-state index contributed by atoms with van der Waals surface area (Å²) in [4.78, 5) is 6.69. The molecule has 0 fully saturated rings. The van der Waals surface area contributed by atoms with Crippen molar-refractivity contribution in [2.75, 3.05) is 6.54 Å². The summed E-state index contributed by atoms with van der Waals surface area (Å²) in [6, 6.07) is 0. The van der Waals surface area contributed by atoms with E-state index in [1.165, 1.54) is 6.08 Å². The molecule has 1 aliphatic rings. The summed E-state index contributed by atoms with van der Waals surface area (Å²) in [6.07, 6.45) is -1.28. The normalized spacial score (nSPS) is 21.0. The van der Waals surface area contributed by atoms with Crippen LogP contribution < -0.4 is 10.7 Å². The zero-order valence-corrected chi connectivity index (χ0v) is 7.52. The number of nitrogens with one attached hydrogen (secondary N) is 1. The lowest BCUT2D eigenvalue weighted by Crippen LogP contribution is -2.36. The first kappa shape index (κ1) is 9.30. The van der Waals surface area contributed by atoms with E-state index in [2.05, 4.69) is 9.98 Å². The van der Waals surface area contributed by atoms with Gasteiger partial charge in [-0.2, -0.15) is 13.2 Å². The molecule has 1 atom stereocenters. The number of aromatic amines is 1. The summed E-state index contributed by atoms with van der Waals surface area (Å²) in [5, 5.41) is 0.582. The van der Waals surface area contributed by atoms with Crippen molar-refractivity contribution in [3.05, 3.63) is 22.5 Å². The first-order valence-corrected chi connectivity index (χ1v) is 4.25. The van der Waals surface area contributed by atoms with Crippen LogP contribution in [0.5, 0.6) is 0 Å². The number of hydrogen-bond donors (Lipinski definition) is 1. The first-order chi connectivity index (χ1) is 6.48. The van der Waals surface area contributed by atoms with E-state index in [0.29, 0.717) is 10.7 Å². The van der Waals surface area contributed by atoms with Crippen molar-refractivity contribution in [1.29, 1.82) is 0 Å². The molecule has 5 heteroatoms. The summed E-state index contributed by atoms with van der Waals surface area (Å²) in [5.74, 6) is -1.44. The van der Waals surface area contributed by atoms with Crippen molar-refractivity contribution in [2.24, 2.45) is 10.9 Å². The number of hydrogen-bond acceptors (Lipinski definition) is 1. The largest absolute Gasteiger partial charge is 0.396 e. The zero-order valence-electron chi connectivity index (χ0n) is 7.52. The van der Waals surface area contributed by atoms with Gasteiger partial charge in [0.25, 0.3) is 0 Å². The third-order valence-corrected chi connectivity index (χ3v) is 2.34. The van der Waals surface area contributed by atoms with Crippen molar-refractivity contribution in [3.63, 3.8) is 0 Å². The molecule has 0 saturated heterocycles. The number of H-pyrrole nitrogens is 1. The highest BCUT2D eigenvalue weighted by molar-refractivity contribution is 5.33. The summed E-state index contributed by atoms with van der Waals surface area (Å²) in [6.45, 7) is 1.55. The number of fused-ring (bicyclic) bond motifs is 1. The molecule has 1 aromatic heterocycles. The Bertz CT molecular complexity index is 455. The summed E-state index contributed by atoms with van der Waals surface area (Å²) >= 11 is 0. The van der Waals surface area contributed by atoms with Gasteiger partial charge in [-0.25, -0.2) is 0 Å². The second-order valence-electron chi connectivity index (χ2n) is 3.39. The van der Waals surface area contributed by atoms with E-state index < -0.39 is 12.1 Å². The predicted molar refractivity (Wildman–Crippen MR) is 45.2 cm³/mol. The summed E-state index contributed by atoms with van der Waals surface area (Å²) in [5.41, 5.74) is 1.36. The Kier molecular flexibility index (Phi) is 1.90. The van der Waals surface area contributed by atoms with E-state index in [-0.39, 0.29) is 6.54 Å². The van der Waals surface area contributed by atoms with Gasteiger partial charge in [0.15, 0.2) is 0 Å². The maximum Gasteiger partial charge on any atom is 0.396 e. The third kappa shape index (κ3) is 1.42. The standard InChI is InChI=1S/C9H9F3N2/c1-5-3-13-8-7(5)2-6(4-14-8)9(10,11)12/h2-3,6H,4H2,1H3,(H,13,14). The quantitative estimate of drug-likeness (QED) is 0.648. The number of rotatable bonds is 0. The third-order valence-electron chi connectivity index (χ3n) is 2.34. The Morgan fingerprint density at radius 2 is 2.21 bits per heavy atom. The molecule has 0 aromatic carbocycles. The molecule has 0 aliphatic carbocycles. The lowest BCUT2D eigenvalue weighted by molar-refractivity contribution is -0.154. The predicted octanol–water partition coefficient (Wildman–Crippen LogP) is 0.915. The van der Waals surface area contributed by atoms with Crippen LogP contribution in [0.3, 0.4) is 0 Å². The fourth-order valence-corrected chi connectivity index (χ4v) is 1.50. The Morgan fingerprint density at radius 1 is 1.50 bits per heavy atom. The van der Waals surface area contributed by atoms with Crippen LogP contribution >= 0.6 is 0 Å². The Balaban J connectivity index is 2.52. The van der Waals surface area contributed by atoms with Gasteiger partial charge in [0.1, 0.15) is 5.49 Å². The van der Waals surface area contributed by atoms with E-state index in [1.807, 2.05) is 0 Å². The molecule has 2 nitrogen and oxygen atoms in total. The molecular formula is C9H9F3N2. The highest BCUT2D eigenvalue weighted by Gasteiger charge is 2.38. The molecule has 0 radical (unpaired) electrons. The highest BCUT2D eigenvalue weighted by Crippen LogP contribution is 2.28. The number of aryl methyl sites for hydroxylation is 1. The minimum Gasteiger partial charge on any atom is -0.346 e. The number of halogens is 3. The van der Waals surface area contributed by atoms with Crippen LogP contribution in [-0.2, 0) is 0 Å². The van der Waals surface area contributed by atoms with Gasteiger partial charge >= 0.3 is 6.18 Å². The molecule has 0 amide bonds. The second-order valence-corrected chi connectivity index (χ2v) is 3.39. The average Bonchev–Trinajstić information content (AvgIpc) is 2.46. The van der Waals surface area contributed by atoms with Crippen LogP contribution in [0.4, 0.5) is 13.2 Å². The van der Waals surface area contributed by atoms with Crippen molar-refractivity contribution < 1.29 is 13.2 Å². The van der Waals surface area contributed by atoms with Crippen LogP contribution in [0, 0.1) is 12.8 Å². The molecule has 1 unspecified atom stereocenters. The Hall–Kier alpha value is -1.26. The lowest BCUT2D eigenvalue weighted by atomic mass is 10.1. The van der Waals surface area contributed by atoms with Crippen molar-refractivity contribution >= 4 is 6.08 Å². The molecule has 2 heterocycles. The van der Waals surface area contributed by atoms with Crippen molar-refractivity contribution in [1.82, 2.24) is 4.98 Å². The molecule has 0 saturated carbocycles. The van der Waals surface area contributed by atoms with Crippen molar-refractivity contribution in [2.45, 2.75) is 13.1 Å². The number of nitrogens with zero attached hydrogens (tertiary/aromatic N) is 1. The highest BCUT2D eigenvalue weighted by atomic mass is 19.4. The van der Waals surface area contributed by atoms with Crippen LogP contribution in [0.2, 0.25) is 0 Å². The number of alkyl halides is 3. The number of aromatic nitrogens is 1. The summed E-state index contributed by atoms with van der Waals surface area (Å²) < 4.78 is 37.1. The monoisotopic (exact) mass is 202 g/mol. The molecular weight excluding hydrogens is 193 g/mol. The van der Waals surface area contributed by atoms with Gasteiger partial charge in [0.05, 0.1) is 12.5 Å². The van der Waals surface area contributed by atoms with Crippen LogP contribution in [0.1, 0.15) is 5.56 Å². The van der Waals surface area contributed by atoms with E-state index in [1.54, 1.807) is 13.1 Å². The van der Waals surface area contributed by atoms with Gasteiger partial charge in [-0.1, -0.05) is 6.08 Å². The fraction of sp³-hybridized carbons (Fsp3) is 0.444. The van der Waals surface area contributed by atoms with E-state index >= 15 is 0 Å². The van der Waals surface area contributed by atoms with Gasteiger partial charge in [-0.15, -0.1) is 0 Å². The molecule has 1 N–H and O–H groups in total. The van der Waals surface area contributed by atoms with Crippen LogP contribution in [0.15, 0.2) is 11.2 Å². The van der Waals surface area contributed by atoms with Gasteiger partial charge in [0, 0.05) is 11.4 Å². The molecule has 1 aliphatic heterocycles. The smallest absolute Gasteiger partial charge is 0.346 e. The van der Waals surface area contributed by atoms with E-state index in [4.69, 9.17) is 0 Å². The topological polar surface area (TPSA) is 28.1 Å². The minimum atomic E-state index is -4.19. The zero-order chi connectivity index (χ0) is 10.3. The lowest BCUT2D eigenvalue weighted by Gasteiger charge is -2.15. The van der Waals surface area contributed by atoms with E-state index in [9.17, 15) is 13.2 Å². The van der Waals surface area contributed by atoms with Crippen LogP contribution in [0.25, 0.3) is 6.08 Å². The van der Waals surface area contributed by atoms with Gasteiger partial charge in [-0.05, 0) is 12.5 Å². The van der Waals surface area contributed by atoms with Gasteiger partial charge in [-0.3, -0.25) is 4.99 Å².